The molecule has 1 aromatic carbocycles. The summed E-state index contributed by atoms with van der Waals surface area (Å²) >= 11 is 0. The molecule has 0 unspecified atom stereocenters. The quantitative estimate of drug-likeness (QED) is 0.529. The smallest absolute Gasteiger partial charge is 0.148 e. The second-order valence-electron chi connectivity index (χ2n) is 7.29. The highest BCUT2D eigenvalue weighted by atomic mass is 19.1. The van der Waals surface area contributed by atoms with E-state index in [1.165, 1.54) is 11.6 Å². The molecule has 0 aliphatic carbocycles. The van der Waals surface area contributed by atoms with Crippen molar-refractivity contribution in [1.82, 2.24) is 25.1 Å². The predicted molar refractivity (Wildman–Crippen MR) is 116 cm³/mol. The summed E-state index contributed by atoms with van der Waals surface area (Å²) in [4.78, 5) is 9.16. The van der Waals surface area contributed by atoms with E-state index in [2.05, 4.69) is 26.8 Å². The van der Waals surface area contributed by atoms with E-state index in [0.717, 1.165) is 42.5 Å². The van der Waals surface area contributed by atoms with Crippen molar-refractivity contribution in [2.75, 3.05) is 18.4 Å². The summed E-state index contributed by atoms with van der Waals surface area (Å²) in [7, 11) is 0. The zero-order valence-electron chi connectivity index (χ0n) is 16.3. The Balaban J connectivity index is 1.40. The first-order chi connectivity index (χ1) is 14.7. The van der Waals surface area contributed by atoms with Crippen LogP contribution < -0.4 is 10.6 Å². The minimum atomic E-state index is -0.373. The van der Waals surface area contributed by atoms with E-state index in [0.29, 0.717) is 17.2 Å². The van der Waals surface area contributed by atoms with Gasteiger partial charge in [-0.15, -0.1) is 0 Å². The lowest BCUT2D eigenvalue weighted by Gasteiger charge is -2.15. The molecule has 5 rings (SSSR count). The molecule has 4 heterocycles. The van der Waals surface area contributed by atoms with Crippen molar-refractivity contribution in [3.63, 3.8) is 0 Å². The maximum absolute atomic E-state index is 14.6. The van der Waals surface area contributed by atoms with Crippen LogP contribution in [0.4, 0.5) is 15.9 Å². The lowest BCUT2D eigenvalue weighted by Crippen LogP contribution is -2.22. The van der Waals surface area contributed by atoms with Crippen molar-refractivity contribution in [2.45, 2.75) is 12.8 Å². The van der Waals surface area contributed by atoms with Crippen LogP contribution >= 0.6 is 0 Å². The van der Waals surface area contributed by atoms with Crippen LogP contribution in [0.3, 0.4) is 0 Å². The van der Waals surface area contributed by atoms with Gasteiger partial charge in [0.15, 0.2) is 0 Å². The minimum absolute atomic E-state index is 0.353. The Morgan fingerprint density at radius 2 is 2.00 bits per heavy atom. The fraction of sp³-hybridized carbons (Fsp3) is 0.174. The first-order valence-electron chi connectivity index (χ1n) is 9.98. The standard InChI is InChI=1S/C23H21FN6/c24-20-13-19(30-11-1-8-27-30)4-5-21(20)29-23-14-22-17(15-26-23)2-3-18(28-22)12-16-6-9-25-10-7-16/h1-5,8,11-15,25H,6-7,9-10H2,(H,26,29). The first-order valence-corrected chi connectivity index (χ1v) is 9.98. The maximum Gasteiger partial charge on any atom is 0.148 e. The maximum atomic E-state index is 14.6. The van der Waals surface area contributed by atoms with Crippen LogP contribution in [0.2, 0.25) is 0 Å². The van der Waals surface area contributed by atoms with Crippen molar-refractivity contribution < 1.29 is 4.39 Å². The molecule has 0 radical (unpaired) electrons. The number of halogens is 1. The molecule has 1 fully saturated rings. The number of benzene rings is 1. The van der Waals surface area contributed by atoms with Gasteiger partial charge in [0.25, 0.3) is 0 Å². The molecule has 1 aliphatic rings. The van der Waals surface area contributed by atoms with Gasteiger partial charge in [0, 0.05) is 36.1 Å². The van der Waals surface area contributed by atoms with Gasteiger partial charge in [0.2, 0.25) is 0 Å². The highest BCUT2D eigenvalue weighted by molar-refractivity contribution is 5.82. The van der Waals surface area contributed by atoms with Crippen LogP contribution in [-0.2, 0) is 0 Å². The van der Waals surface area contributed by atoms with Crippen LogP contribution in [0.1, 0.15) is 18.5 Å². The number of pyridine rings is 2. The van der Waals surface area contributed by atoms with Gasteiger partial charge in [-0.1, -0.05) is 5.57 Å². The molecule has 0 bridgehead atoms. The molecule has 6 nitrogen and oxygen atoms in total. The van der Waals surface area contributed by atoms with Gasteiger partial charge in [0.05, 0.1) is 22.6 Å². The van der Waals surface area contributed by atoms with E-state index in [-0.39, 0.29) is 5.82 Å². The highest BCUT2D eigenvalue weighted by Gasteiger charge is 2.08. The number of hydrogen-bond acceptors (Lipinski definition) is 5. The number of rotatable bonds is 4. The molecule has 0 atom stereocenters. The summed E-state index contributed by atoms with van der Waals surface area (Å²) in [5, 5.41) is 11.5. The van der Waals surface area contributed by atoms with Gasteiger partial charge < -0.3 is 10.6 Å². The Bertz CT molecular complexity index is 1210. The molecule has 7 heteroatoms. The van der Waals surface area contributed by atoms with Crippen LogP contribution in [0.5, 0.6) is 0 Å². The van der Waals surface area contributed by atoms with E-state index in [9.17, 15) is 4.39 Å². The molecule has 0 spiro atoms. The van der Waals surface area contributed by atoms with E-state index in [1.54, 1.807) is 41.5 Å². The number of anilines is 2. The molecule has 0 amide bonds. The number of nitrogens with one attached hydrogen (secondary N) is 2. The molecular formula is C23H21FN6. The fourth-order valence-corrected chi connectivity index (χ4v) is 3.59. The second kappa shape index (κ2) is 8.04. The predicted octanol–water partition coefficient (Wildman–Crippen LogP) is 4.47. The lowest BCUT2D eigenvalue weighted by atomic mass is 10.0. The SMILES string of the molecule is Fc1cc(-n2cccn2)ccc1Nc1cc2nc(C=C3CCNCC3)ccc2cn1. The summed E-state index contributed by atoms with van der Waals surface area (Å²) in [5.41, 5.74) is 4.18. The third-order valence-corrected chi connectivity index (χ3v) is 5.18. The Morgan fingerprint density at radius 1 is 1.10 bits per heavy atom. The molecule has 0 saturated carbocycles. The molecule has 4 aromatic rings. The molecule has 3 aromatic heterocycles. The molecule has 30 heavy (non-hydrogen) atoms. The van der Waals surface area contributed by atoms with Crippen molar-refractivity contribution in [2.24, 2.45) is 0 Å². The average molecular weight is 400 g/mol. The Morgan fingerprint density at radius 3 is 2.80 bits per heavy atom. The zero-order valence-corrected chi connectivity index (χ0v) is 16.3. The monoisotopic (exact) mass is 400 g/mol. The van der Waals surface area contributed by atoms with Crippen LogP contribution in [0.15, 0.2) is 66.6 Å². The third kappa shape index (κ3) is 3.92. The molecule has 1 aliphatic heterocycles. The summed E-state index contributed by atoms with van der Waals surface area (Å²) in [6, 6.07) is 12.6. The van der Waals surface area contributed by atoms with Gasteiger partial charge in [-0.25, -0.2) is 19.0 Å². The second-order valence-corrected chi connectivity index (χ2v) is 7.29. The number of aromatic nitrogens is 4. The summed E-state index contributed by atoms with van der Waals surface area (Å²) in [6.07, 6.45) is 9.46. The van der Waals surface area contributed by atoms with Crippen LogP contribution in [0.25, 0.3) is 22.7 Å². The fourth-order valence-electron chi connectivity index (χ4n) is 3.59. The van der Waals surface area contributed by atoms with E-state index < -0.39 is 0 Å². The minimum Gasteiger partial charge on any atom is -0.338 e. The van der Waals surface area contributed by atoms with Crippen LogP contribution in [-0.4, -0.2) is 32.8 Å². The Hall–Kier alpha value is -3.58. The van der Waals surface area contributed by atoms with E-state index in [1.807, 2.05) is 18.2 Å². The van der Waals surface area contributed by atoms with Gasteiger partial charge in [-0.3, -0.25) is 0 Å². The Labute approximate surface area is 173 Å². The van der Waals surface area contributed by atoms with Crippen molar-refractivity contribution in [3.05, 3.63) is 78.1 Å². The molecule has 150 valence electrons. The topological polar surface area (TPSA) is 67.7 Å². The first kappa shape index (κ1) is 18.4. The number of nitrogens with zero attached hydrogens (tertiary/aromatic N) is 4. The third-order valence-electron chi connectivity index (χ3n) is 5.18. The van der Waals surface area contributed by atoms with Gasteiger partial charge in [-0.05, 0) is 62.3 Å². The molecule has 1 saturated heterocycles. The molecular weight excluding hydrogens is 379 g/mol. The summed E-state index contributed by atoms with van der Waals surface area (Å²) in [5.74, 6) is 0.176. The van der Waals surface area contributed by atoms with Crippen molar-refractivity contribution in [1.29, 1.82) is 0 Å². The summed E-state index contributed by atoms with van der Waals surface area (Å²) in [6.45, 7) is 2.03. The summed E-state index contributed by atoms with van der Waals surface area (Å²) < 4.78 is 16.2. The highest BCUT2D eigenvalue weighted by Crippen LogP contribution is 2.24. The normalized spacial score (nSPS) is 14.1. The van der Waals surface area contributed by atoms with Gasteiger partial charge in [-0.2, -0.15) is 5.10 Å². The van der Waals surface area contributed by atoms with Crippen LogP contribution in [0, 0.1) is 5.82 Å². The zero-order chi connectivity index (χ0) is 20.3. The van der Waals surface area contributed by atoms with Gasteiger partial charge in [0.1, 0.15) is 11.6 Å². The average Bonchev–Trinajstić information content (AvgIpc) is 3.31. The Kier molecular flexibility index (Phi) is 4.94. The molecule has 2 N–H and O–H groups in total. The number of piperidine rings is 1. The van der Waals surface area contributed by atoms with Gasteiger partial charge >= 0.3 is 0 Å². The van der Waals surface area contributed by atoms with E-state index in [4.69, 9.17) is 4.98 Å². The van der Waals surface area contributed by atoms with Crippen molar-refractivity contribution in [3.8, 4) is 5.69 Å². The number of fused-ring (bicyclic) bond motifs is 1. The van der Waals surface area contributed by atoms with E-state index >= 15 is 0 Å². The number of hydrogen-bond donors (Lipinski definition) is 2. The largest absolute Gasteiger partial charge is 0.338 e. The van der Waals surface area contributed by atoms with Crippen molar-refractivity contribution >= 4 is 28.5 Å². The lowest BCUT2D eigenvalue weighted by molar-refractivity contribution is 0.613.